The molecule has 0 aromatic heterocycles. The van der Waals surface area contributed by atoms with Gasteiger partial charge in [-0.15, -0.1) is 0 Å². The molecule has 5 nitrogen and oxygen atoms in total. The quantitative estimate of drug-likeness (QED) is 0.713. The highest BCUT2D eigenvalue weighted by molar-refractivity contribution is 7.89. The number of carboxylic acids is 1. The molecule has 0 fully saturated rings. The molecule has 84 valence electrons. The molecule has 6 heteroatoms. The van der Waals surface area contributed by atoms with Gasteiger partial charge in [-0.25, -0.2) is 13.1 Å². The molecule has 0 atom stereocenters. The Kier molecular flexibility index (Phi) is 4.54. The minimum Gasteiger partial charge on any atom is -0.481 e. The van der Waals surface area contributed by atoms with E-state index in [2.05, 4.69) is 4.72 Å². The predicted molar refractivity (Wildman–Crippen MR) is 53.5 cm³/mol. The van der Waals surface area contributed by atoms with Crippen molar-refractivity contribution >= 4 is 16.0 Å². The summed E-state index contributed by atoms with van der Waals surface area (Å²) in [5.74, 6) is -1.12. The second-order valence-corrected chi connectivity index (χ2v) is 6.01. The van der Waals surface area contributed by atoms with Crippen LogP contribution in [0.2, 0.25) is 0 Å². The maximum absolute atomic E-state index is 11.3. The third-order valence-electron chi connectivity index (χ3n) is 1.27. The minimum absolute atomic E-state index is 0.120. The molecule has 0 saturated heterocycles. The molecule has 0 rings (SSSR count). The lowest BCUT2D eigenvalue weighted by Gasteiger charge is -2.20. The standard InChI is InChI=1S/C8H17NO4S/c1-8(2,3)9-14(12,13)6-4-5-7(10)11/h9H,4-6H2,1-3H3,(H,10,11). The molecule has 0 spiro atoms. The first-order chi connectivity index (χ1) is 6.12. The Bertz CT molecular complexity index is 289. The fraction of sp³-hybridized carbons (Fsp3) is 0.875. The van der Waals surface area contributed by atoms with E-state index in [0.29, 0.717) is 0 Å². The van der Waals surface area contributed by atoms with Crippen molar-refractivity contribution in [2.24, 2.45) is 0 Å². The zero-order valence-electron chi connectivity index (χ0n) is 8.70. The maximum Gasteiger partial charge on any atom is 0.303 e. The van der Waals surface area contributed by atoms with Gasteiger partial charge in [-0.2, -0.15) is 0 Å². The first-order valence-electron chi connectivity index (χ1n) is 4.36. The Morgan fingerprint density at radius 3 is 2.21 bits per heavy atom. The van der Waals surface area contributed by atoms with Crippen molar-refractivity contribution < 1.29 is 18.3 Å². The topological polar surface area (TPSA) is 83.5 Å². The van der Waals surface area contributed by atoms with E-state index >= 15 is 0 Å². The molecule has 0 aromatic rings. The van der Waals surface area contributed by atoms with Crippen LogP contribution in [0.4, 0.5) is 0 Å². The molecule has 0 saturated carbocycles. The second kappa shape index (κ2) is 4.75. The highest BCUT2D eigenvalue weighted by atomic mass is 32.2. The summed E-state index contributed by atoms with van der Waals surface area (Å²) in [6.45, 7) is 5.21. The van der Waals surface area contributed by atoms with Gasteiger partial charge in [0.2, 0.25) is 10.0 Å². The molecule has 0 aliphatic carbocycles. The number of hydrogen-bond acceptors (Lipinski definition) is 3. The van der Waals surface area contributed by atoms with Crippen LogP contribution in [0.3, 0.4) is 0 Å². The minimum atomic E-state index is -3.35. The smallest absolute Gasteiger partial charge is 0.303 e. The van der Waals surface area contributed by atoms with Crippen molar-refractivity contribution in [3.05, 3.63) is 0 Å². The van der Waals surface area contributed by atoms with Gasteiger partial charge in [-0.3, -0.25) is 4.79 Å². The van der Waals surface area contributed by atoms with E-state index in [0.717, 1.165) is 0 Å². The maximum atomic E-state index is 11.3. The Hall–Kier alpha value is -0.620. The van der Waals surface area contributed by atoms with Crippen LogP contribution in [0.25, 0.3) is 0 Å². The van der Waals surface area contributed by atoms with Crippen LogP contribution >= 0.6 is 0 Å². The molecule has 0 unspecified atom stereocenters. The van der Waals surface area contributed by atoms with E-state index in [9.17, 15) is 13.2 Å². The number of nitrogens with one attached hydrogen (secondary N) is 1. The normalized spacial score (nSPS) is 12.8. The molecule has 0 aromatic carbocycles. The Morgan fingerprint density at radius 1 is 1.36 bits per heavy atom. The van der Waals surface area contributed by atoms with Gasteiger partial charge in [0.1, 0.15) is 0 Å². The van der Waals surface area contributed by atoms with Gasteiger partial charge in [-0.1, -0.05) is 0 Å². The van der Waals surface area contributed by atoms with E-state index in [-0.39, 0.29) is 18.6 Å². The molecule has 14 heavy (non-hydrogen) atoms. The molecular formula is C8H17NO4S. The molecule has 0 amide bonds. The van der Waals surface area contributed by atoms with Gasteiger partial charge in [0.25, 0.3) is 0 Å². The summed E-state index contributed by atoms with van der Waals surface area (Å²) in [4.78, 5) is 10.2. The van der Waals surface area contributed by atoms with Gasteiger partial charge < -0.3 is 5.11 Å². The Balaban J connectivity index is 4.04. The van der Waals surface area contributed by atoms with Crippen LogP contribution in [0.1, 0.15) is 33.6 Å². The first kappa shape index (κ1) is 13.4. The highest BCUT2D eigenvalue weighted by Gasteiger charge is 2.19. The van der Waals surface area contributed by atoms with Crippen molar-refractivity contribution in [3.8, 4) is 0 Å². The molecule has 0 aliphatic rings. The molecule has 0 radical (unpaired) electrons. The van der Waals surface area contributed by atoms with Crippen molar-refractivity contribution in [3.63, 3.8) is 0 Å². The monoisotopic (exact) mass is 223 g/mol. The summed E-state index contributed by atoms with van der Waals surface area (Å²) < 4.78 is 25.1. The largest absolute Gasteiger partial charge is 0.481 e. The SMILES string of the molecule is CC(C)(C)NS(=O)(=O)CCCC(=O)O. The average molecular weight is 223 g/mol. The summed E-state index contributed by atoms with van der Waals surface area (Å²) >= 11 is 0. The third-order valence-corrected chi connectivity index (χ3v) is 3.01. The van der Waals surface area contributed by atoms with Crippen LogP contribution in [0.15, 0.2) is 0 Å². The van der Waals surface area contributed by atoms with Gasteiger partial charge in [0.05, 0.1) is 5.75 Å². The summed E-state index contributed by atoms with van der Waals surface area (Å²) in [5, 5.41) is 8.33. The fourth-order valence-corrected chi connectivity index (χ4v) is 2.49. The van der Waals surface area contributed by atoms with Crippen LogP contribution < -0.4 is 4.72 Å². The van der Waals surface area contributed by atoms with Crippen molar-refractivity contribution in [2.45, 2.75) is 39.2 Å². The summed E-state index contributed by atoms with van der Waals surface area (Å²) in [5.41, 5.74) is -0.512. The number of carbonyl (C=O) groups is 1. The van der Waals surface area contributed by atoms with E-state index in [1.807, 2.05) is 0 Å². The van der Waals surface area contributed by atoms with E-state index in [1.165, 1.54) is 0 Å². The molecule has 2 N–H and O–H groups in total. The lowest BCUT2D eigenvalue weighted by Crippen LogP contribution is -2.41. The molecule has 0 bridgehead atoms. The Morgan fingerprint density at radius 2 is 1.86 bits per heavy atom. The van der Waals surface area contributed by atoms with Crippen molar-refractivity contribution in [1.82, 2.24) is 4.72 Å². The van der Waals surface area contributed by atoms with Crippen LogP contribution in [0, 0.1) is 0 Å². The zero-order chi connectivity index (χ0) is 11.4. The van der Waals surface area contributed by atoms with Crippen LogP contribution in [-0.2, 0) is 14.8 Å². The highest BCUT2D eigenvalue weighted by Crippen LogP contribution is 2.04. The number of hydrogen-bond donors (Lipinski definition) is 2. The first-order valence-corrected chi connectivity index (χ1v) is 6.01. The fourth-order valence-electron chi connectivity index (χ4n) is 0.931. The molecular weight excluding hydrogens is 206 g/mol. The lowest BCUT2D eigenvalue weighted by atomic mass is 10.1. The van der Waals surface area contributed by atoms with Crippen LogP contribution in [-0.4, -0.2) is 30.8 Å². The number of carboxylic acid groups (broad SMARTS) is 1. The number of rotatable bonds is 5. The van der Waals surface area contributed by atoms with Gasteiger partial charge in [0, 0.05) is 12.0 Å². The summed E-state index contributed by atoms with van der Waals surface area (Å²) in [7, 11) is -3.35. The summed E-state index contributed by atoms with van der Waals surface area (Å²) in [6, 6.07) is 0. The van der Waals surface area contributed by atoms with Gasteiger partial charge in [-0.05, 0) is 27.2 Å². The Labute approximate surface area is 84.6 Å². The second-order valence-electron chi connectivity index (χ2n) is 4.17. The van der Waals surface area contributed by atoms with Crippen molar-refractivity contribution in [1.29, 1.82) is 0 Å². The third kappa shape index (κ3) is 8.00. The van der Waals surface area contributed by atoms with Crippen LogP contribution in [0.5, 0.6) is 0 Å². The van der Waals surface area contributed by atoms with Gasteiger partial charge >= 0.3 is 5.97 Å². The molecule has 0 aliphatic heterocycles. The summed E-state index contributed by atoms with van der Waals surface area (Å²) in [6.07, 6.45) is 0.0196. The van der Waals surface area contributed by atoms with E-state index in [4.69, 9.17) is 5.11 Å². The number of aliphatic carboxylic acids is 1. The van der Waals surface area contributed by atoms with Crippen molar-refractivity contribution in [2.75, 3.05) is 5.75 Å². The van der Waals surface area contributed by atoms with E-state index < -0.39 is 21.5 Å². The van der Waals surface area contributed by atoms with E-state index in [1.54, 1.807) is 20.8 Å². The molecule has 0 heterocycles. The van der Waals surface area contributed by atoms with Gasteiger partial charge in [0.15, 0.2) is 0 Å². The lowest BCUT2D eigenvalue weighted by molar-refractivity contribution is -0.137. The number of sulfonamides is 1. The average Bonchev–Trinajstić information content (AvgIpc) is 1.78. The zero-order valence-corrected chi connectivity index (χ0v) is 9.52. The predicted octanol–water partition coefficient (Wildman–Crippen LogP) is 0.569.